The van der Waals surface area contributed by atoms with Crippen LogP contribution in [-0.4, -0.2) is 48.4 Å². The normalized spacial score (nSPS) is 26.9. The minimum absolute atomic E-state index is 0.178. The molecule has 2 rings (SSSR count). The van der Waals surface area contributed by atoms with Gasteiger partial charge in [-0.3, -0.25) is 9.69 Å². The van der Waals surface area contributed by atoms with Gasteiger partial charge in [-0.25, -0.2) is 9.59 Å². The zero-order valence-corrected chi connectivity index (χ0v) is 8.65. The number of carbonyl (C=O) groups is 3. The molecule has 16 heavy (non-hydrogen) atoms. The van der Waals surface area contributed by atoms with Crippen molar-refractivity contribution in [1.82, 2.24) is 20.9 Å². The number of hydrogen-bond donors (Lipinski definition) is 3. The molecule has 0 unspecified atom stereocenters. The summed E-state index contributed by atoms with van der Waals surface area (Å²) in [6.45, 7) is 1.76. The van der Waals surface area contributed by atoms with Crippen LogP contribution in [0.15, 0.2) is 0 Å². The predicted molar refractivity (Wildman–Crippen MR) is 51.1 cm³/mol. The number of carbonyl (C=O) groups excluding carboxylic acids is 3. The van der Waals surface area contributed by atoms with Gasteiger partial charge in [-0.05, 0) is 6.92 Å². The van der Waals surface area contributed by atoms with Crippen molar-refractivity contribution >= 4 is 18.0 Å². The second kappa shape index (κ2) is 3.87. The molecule has 0 spiro atoms. The molecule has 0 aliphatic carbocycles. The summed E-state index contributed by atoms with van der Waals surface area (Å²) in [5, 5.41) is 7.56. The summed E-state index contributed by atoms with van der Waals surface area (Å²) in [5.41, 5.74) is 0. The Balaban J connectivity index is 2.00. The van der Waals surface area contributed by atoms with Crippen molar-refractivity contribution in [3.63, 3.8) is 0 Å². The number of fused-ring (bicyclic) bond motifs is 1. The van der Waals surface area contributed by atoms with E-state index in [-0.39, 0.29) is 19.2 Å². The number of urea groups is 2. The Morgan fingerprint density at radius 3 is 2.81 bits per heavy atom. The lowest BCUT2D eigenvalue weighted by atomic mass is 10.4. The number of ether oxygens (including phenoxy) is 1. The third-order valence-electron chi connectivity index (χ3n) is 2.36. The first kappa shape index (κ1) is 10.5. The summed E-state index contributed by atoms with van der Waals surface area (Å²) >= 11 is 0. The van der Waals surface area contributed by atoms with E-state index in [0.29, 0.717) is 0 Å². The molecule has 2 aliphatic rings. The fraction of sp³-hybridized carbons (Fsp3) is 0.625. The Morgan fingerprint density at radius 2 is 2.12 bits per heavy atom. The smallest absolute Gasteiger partial charge is 0.325 e. The topological polar surface area (TPSA) is 99.8 Å². The summed E-state index contributed by atoms with van der Waals surface area (Å²) in [6, 6.07) is -0.778. The van der Waals surface area contributed by atoms with E-state index >= 15 is 0 Å². The van der Waals surface area contributed by atoms with Crippen LogP contribution in [0, 0.1) is 0 Å². The van der Waals surface area contributed by atoms with E-state index in [2.05, 4.69) is 16.0 Å². The minimum Gasteiger partial charge on any atom is -0.465 e. The van der Waals surface area contributed by atoms with Crippen LogP contribution in [0.25, 0.3) is 0 Å². The molecule has 0 aromatic heterocycles. The molecular formula is C8H12N4O4. The molecule has 2 aliphatic heterocycles. The highest BCUT2D eigenvalue weighted by atomic mass is 16.5. The molecule has 2 saturated heterocycles. The summed E-state index contributed by atoms with van der Waals surface area (Å²) in [6.07, 6.45) is -1.03. The van der Waals surface area contributed by atoms with Crippen LogP contribution in [0.2, 0.25) is 0 Å². The monoisotopic (exact) mass is 228 g/mol. The van der Waals surface area contributed by atoms with Gasteiger partial charge in [-0.15, -0.1) is 0 Å². The van der Waals surface area contributed by atoms with Crippen molar-refractivity contribution in [2.24, 2.45) is 0 Å². The summed E-state index contributed by atoms with van der Waals surface area (Å²) in [7, 11) is 0. The molecule has 88 valence electrons. The van der Waals surface area contributed by atoms with Gasteiger partial charge in [0.2, 0.25) is 0 Å². The van der Waals surface area contributed by atoms with E-state index in [1.54, 1.807) is 6.92 Å². The third kappa shape index (κ3) is 1.73. The van der Waals surface area contributed by atoms with Gasteiger partial charge in [0.25, 0.3) is 0 Å². The average Bonchev–Trinajstić information content (AvgIpc) is 2.66. The van der Waals surface area contributed by atoms with Gasteiger partial charge in [0.15, 0.2) is 0 Å². The van der Waals surface area contributed by atoms with Gasteiger partial charge in [-0.1, -0.05) is 0 Å². The van der Waals surface area contributed by atoms with Crippen LogP contribution in [0.1, 0.15) is 6.92 Å². The Labute approximate surface area is 91.3 Å². The molecule has 8 heteroatoms. The van der Waals surface area contributed by atoms with Crippen LogP contribution in [-0.2, 0) is 9.53 Å². The van der Waals surface area contributed by atoms with Crippen molar-refractivity contribution in [3.05, 3.63) is 0 Å². The van der Waals surface area contributed by atoms with Crippen LogP contribution < -0.4 is 16.0 Å². The van der Waals surface area contributed by atoms with E-state index in [1.807, 2.05) is 0 Å². The van der Waals surface area contributed by atoms with E-state index in [0.717, 1.165) is 0 Å². The van der Waals surface area contributed by atoms with Crippen molar-refractivity contribution in [2.45, 2.75) is 19.3 Å². The molecule has 0 radical (unpaired) electrons. The predicted octanol–water partition coefficient (Wildman–Crippen LogP) is -1.46. The second-order valence-corrected chi connectivity index (χ2v) is 3.42. The van der Waals surface area contributed by atoms with E-state index in [1.165, 1.54) is 4.90 Å². The molecule has 3 N–H and O–H groups in total. The van der Waals surface area contributed by atoms with Gasteiger partial charge in [0, 0.05) is 0 Å². The zero-order chi connectivity index (χ0) is 11.7. The van der Waals surface area contributed by atoms with Crippen LogP contribution in [0.3, 0.4) is 0 Å². The van der Waals surface area contributed by atoms with E-state index < -0.39 is 24.3 Å². The maximum atomic E-state index is 11.5. The largest absolute Gasteiger partial charge is 0.465 e. The number of nitrogens with one attached hydrogen (secondary N) is 3. The third-order valence-corrected chi connectivity index (χ3v) is 2.36. The van der Waals surface area contributed by atoms with Gasteiger partial charge in [0.1, 0.15) is 18.9 Å². The van der Waals surface area contributed by atoms with Crippen molar-refractivity contribution in [3.8, 4) is 0 Å². The first-order chi connectivity index (χ1) is 7.61. The Bertz CT molecular complexity index is 345. The van der Waals surface area contributed by atoms with Gasteiger partial charge >= 0.3 is 18.0 Å². The van der Waals surface area contributed by atoms with E-state index in [4.69, 9.17) is 4.74 Å². The van der Waals surface area contributed by atoms with Gasteiger partial charge < -0.3 is 20.7 Å². The zero-order valence-electron chi connectivity index (χ0n) is 8.65. The highest BCUT2D eigenvalue weighted by molar-refractivity contribution is 5.87. The standard InChI is InChI=1S/C8H12N4O4/c1-2-16-4(13)3-12-6-5(10-8(12)15)9-7(14)11-6/h5-6H,2-3H2,1H3,(H,10,15)(H2,9,11,14)/t5-,6+/m1/s1. The lowest BCUT2D eigenvalue weighted by Crippen LogP contribution is -2.46. The van der Waals surface area contributed by atoms with Gasteiger partial charge in [-0.2, -0.15) is 0 Å². The Hall–Kier alpha value is -1.99. The lowest BCUT2D eigenvalue weighted by molar-refractivity contribution is -0.144. The Morgan fingerprint density at radius 1 is 1.38 bits per heavy atom. The molecule has 0 saturated carbocycles. The number of amides is 4. The number of hydrogen-bond acceptors (Lipinski definition) is 4. The van der Waals surface area contributed by atoms with Crippen molar-refractivity contribution in [1.29, 1.82) is 0 Å². The molecular weight excluding hydrogens is 216 g/mol. The summed E-state index contributed by atoms with van der Waals surface area (Å²) < 4.78 is 4.73. The molecule has 2 heterocycles. The fourth-order valence-corrected chi connectivity index (χ4v) is 1.71. The number of nitrogens with zero attached hydrogens (tertiary/aromatic N) is 1. The molecule has 0 bridgehead atoms. The first-order valence-corrected chi connectivity index (χ1v) is 4.91. The number of rotatable bonds is 3. The van der Waals surface area contributed by atoms with Crippen molar-refractivity contribution < 1.29 is 19.1 Å². The highest BCUT2D eigenvalue weighted by Gasteiger charge is 2.46. The molecule has 8 nitrogen and oxygen atoms in total. The average molecular weight is 228 g/mol. The molecule has 0 aromatic rings. The van der Waals surface area contributed by atoms with Crippen LogP contribution in [0.4, 0.5) is 9.59 Å². The molecule has 0 aromatic carbocycles. The minimum atomic E-state index is -0.538. The van der Waals surface area contributed by atoms with Crippen molar-refractivity contribution in [2.75, 3.05) is 13.2 Å². The Kier molecular flexibility index (Phi) is 2.55. The number of esters is 1. The summed E-state index contributed by atoms with van der Waals surface area (Å²) in [5.74, 6) is -0.501. The molecule has 4 amide bonds. The van der Waals surface area contributed by atoms with Crippen LogP contribution >= 0.6 is 0 Å². The SMILES string of the molecule is CCOC(=O)CN1C(=O)N[C@H]2NC(=O)N[C@H]21. The summed E-state index contributed by atoms with van der Waals surface area (Å²) in [4.78, 5) is 34.9. The lowest BCUT2D eigenvalue weighted by Gasteiger charge is -2.19. The molecule has 2 fully saturated rings. The van der Waals surface area contributed by atoms with Crippen LogP contribution in [0.5, 0.6) is 0 Å². The highest BCUT2D eigenvalue weighted by Crippen LogP contribution is 2.13. The maximum Gasteiger partial charge on any atom is 0.325 e. The second-order valence-electron chi connectivity index (χ2n) is 3.42. The quantitative estimate of drug-likeness (QED) is 0.514. The molecule has 2 atom stereocenters. The van der Waals surface area contributed by atoms with Gasteiger partial charge in [0.05, 0.1) is 6.61 Å². The fourth-order valence-electron chi connectivity index (χ4n) is 1.71. The first-order valence-electron chi connectivity index (χ1n) is 4.91. The maximum absolute atomic E-state index is 11.5. The van der Waals surface area contributed by atoms with E-state index in [9.17, 15) is 14.4 Å².